The Balaban J connectivity index is 1.99. The van der Waals surface area contributed by atoms with E-state index in [2.05, 4.69) is 15.6 Å². The molecule has 6 nitrogen and oxygen atoms in total. The number of hydrogen-bond acceptors (Lipinski definition) is 5. The van der Waals surface area contributed by atoms with Crippen LogP contribution in [0.3, 0.4) is 0 Å². The molecule has 0 fully saturated rings. The van der Waals surface area contributed by atoms with Gasteiger partial charge in [-0.3, -0.25) is 9.78 Å². The average Bonchev–Trinajstić information content (AvgIpc) is 2.56. The van der Waals surface area contributed by atoms with E-state index < -0.39 is 0 Å². The van der Waals surface area contributed by atoms with Crippen LogP contribution in [-0.2, 0) is 4.74 Å². The summed E-state index contributed by atoms with van der Waals surface area (Å²) in [5.41, 5.74) is 2.05. The zero-order valence-electron chi connectivity index (χ0n) is 14.2. The summed E-state index contributed by atoms with van der Waals surface area (Å²) < 4.78 is 10.5. The van der Waals surface area contributed by atoms with Crippen molar-refractivity contribution in [3.05, 3.63) is 48.3 Å². The third kappa shape index (κ3) is 5.55. The molecule has 0 radical (unpaired) electrons. The highest BCUT2D eigenvalue weighted by atomic mass is 16.5. The third-order valence-corrected chi connectivity index (χ3v) is 3.10. The van der Waals surface area contributed by atoms with Crippen LogP contribution in [0.4, 0.5) is 11.4 Å². The van der Waals surface area contributed by atoms with Crippen LogP contribution >= 0.6 is 0 Å². The molecule has 0 spiro atoms. The monoisotopic (exact) mass is 329 g/mol. The van der Waals surface area contributed by atoms with Gasteiger partial charge in [0.25, 0.3) is 5.91 Å². The second-order valence-electron chi connectivity index (χ2n) is 5.49. The van der Waals surface area contributed by atoms with Gasteiger partial charge in [-0.2, -0.15) is 0 Å². The Bertz CT molecular complexity index is 657. The van der Waals surface area contributed by atoms with Crippen LogP contribution in [0, 0.1) is 0 Å². The van der Waals surface area contributed by atoms with Crippen molar-refractivity contribution in [3.8, 4) is 5.75 Å². The van der Waals surface area contributed by atoms with Crippen molar-refractivity contribution in [1.82, 2.24) is 10.3 Å². The standard InChI is InChI=1S/C18H23N3O3/c1-13(2)24-16-6-4-14(5-7-16)21-15-8-9-19-17(12-15)18(22)20-10-11-23-3/h4-9,12-13H,10-11H2,1-3H3,(H,19,21)(H,20,22). The summed E-state index contributed by atoms with van der Waals surface area (Å²) in [5, 5.41) is 5.99. The lowest BCUT2D eigenvalue weighted by molar-refractivity contribution is 0.0932. The number of ether oxygens (including phenoxy) is 2. The third-order valence-electron chi connectivity index (χ3n) is 3.10. The lowest BCUT2D eigenvalue weighted by Crippen LogP contribution is -2.27. The highest BCUT2D eigenvalue weighted by molar-refractivity contribution is 5.93. The Hall–Kier alpha value is -2.60. The number of pyridine rings is 1. The molecule has 0 atom stereocenters. The summed E-state index contributed by atoms with van der Waals surface area (Å²) in [5.74, 6) is 0.597. The molecule has 2 aromatic rings. The van der Waals surface area contributed by atoms with E-state index in [0.29, 0.717) is 18.8 Å². The first-order valence-electron chi connectivity index (χ1n) is 7.85. The van der Waals surface area contributed by atoms with Crippen molar-refractivity contribution in [2.75, 3.05) is 25.6 Å². The topological polar surface area (TPSA) is 72.5 Å². The van der Waals surface area contributed by atoms with E-state index in [9.17, 15) is 4.79 Å². The Labute approximate surface area is 142 Å². The number of anilines is 2. The summed E-state index contributed by atoms with van der Waals surface area (Å²) in [7, 11) is 1.59. The fourth-order valence-corrected chi connectivity index (χ4v) is 2.05. The number of carbonyl (C=O) groups excluding carboxylic acids is 1. The number of benzene rings is 1. The van der Waals surface area contributed by atoms with Gasteiger partial charge in [0.2, 0.25) is 0 Å². The minimum absolute atomic E-state index is 0.142. The SMILES string of the molecule is COCCNC(=O)c1cc(Nc2ccc(OC(C)C)cc2)ccn1. The number of aromatic nitrogens is 1. The van der Waals surface area contributed by atoms with Gasteiger partial charge in [-0.15, -0.1) is 0 Å². The van der Waals surface area contributed by atoms with E-state index in [0.717, 1.165) is 17.1 Å². The first kappa shape index (κ1) is 17.7. The molecule has 1 aromatic heterocycles. The maximum atomic E-state index is 12.0. The summed E-state index contributed by atoms with van der Waals surface area (Å²) in [6.07, 6.45) is 1.74. The fraction of sp³-hybridized carbons (Fsp3) is 0.333. The smallest absolute Gasteiger partial charge is 0.270 e. The van der Waals surface area contributed by atoms with Gasteiger partial charge in [0.05, 0.1) is 12.7 Å². The Morgan fingerprint density at radius 1 is 1.17 bits per heavy atom. The molecule has 0 aliphatic carbocycles. The molecule has 0 aliphatic heterocycles. The molecule has 0 unspecified atom stereocenters. The van der Waals surface area contributed by atoms with E-state index in [1.807, 2.05) is 44.2 Å². The zero-order chi connectivity index (χ0) is 17.4. The molecule has 2 N–H and O–H groups in total. The lowest BCUT2D eigenvalue weighted by atomic mass is 10.2. The van der Waals surface area contributed by atoms with Gasteiger partial charge in [-0.25, -0.2) is 0 Å². The van der Waals surface area contributed by atoms with Crippen molar-refractivity contribution < 1.29 is 14.3 Å². The predicted molar refractivity (Wildman–Crippen MR) is 93.9 cm³/mol. The molecule has 1 amide bonds. The number of amides is 1. The van der Waals surface area contributed by atoms with E-state index in [1.165, 1.54) is 0 Å². The molecule has 1 heterocycles. The van der Waals surface area contributed by atoms with Crippen LogP contribution < -0.4 is 15.4 Å². The van der Waals surface area contributed by atoms with Crippen molar-refractivity contribution in [2.45, 2.75) is 20.0 Å². The van der Waals surface area contributed by atoms with Crippen LogP contribution in [0.5, 0.6) is 5.75 Å². The summed E-state index contributed by atoms with van der Waals surface area (Å²) in [6, 6.07) is 11.2. The van der Waals surface area contributed by atoms with Crippen LogP contribution in [0.25, 0.3) is 0 Å². The van der Waals surface area contributed by atoms with Crippen LogP contribution in [0.15, 0.2) is 42.6 Å². The number of carbonyl (C=O) groups is 1. The Morgan fingerprint density at radius 2 is 1.92 bits per heavy atom. The van der Waals surface area contributed by atoms with Gasteiger partial charge in [0.1, 0.15) is 11.4 Å². The molecule has 0 saturated carbocycles. The minimum Gasteiger partial charge on any atom is -0.491 e. The molecule has 1 aromatic carbocycles. The molecule has 0 saturated heterocycles. The second-order valence-corrected chi connectivity index (χ2v) is 5.49. The van der Waals surface area contributed by atoms with Gasteiger partial charge >= 0.3 is 0 Å². The van der Waals surface area contributed by atoms with E-state index in [4.69, 9.17) is 9.47 Å². The van der Waals surface area contributed by atoms with Crippen molar-refractivity contribution in [2.24, 2.45) is 0 Å². The van der Waals surface area contributed by atoms with Gasteiger partial charge < -0.3 is 20.1 Å². The molecule has 24 heavy (non-hydrogen) atoms. The van der Waals surface area contributed by atoms with Crippen molar-refractivity contribution in [3.63, 3.8) is 0 Å². The first-order chi connectivity index (χ1) is 11.6. The Morgan fingerprint density at radius 3 is 2.58 bits per heavy atom. The number of rotatable bonds is 8. The molecule has 0 bridgehead atoms. The molecular weight excluding hydrogens is 306 g/mol. The minimum atomic E-state index is -0.226. The molecule has 6 heteroatoms. The van der Waals surface area contributed by atoms with Gasteiger partial charge in [-0.1, -0.05) is 0 Å². The van der Waals surface area contributed by atoms with Crippen LogP contribution in [0.2, 0.25) is 0 Å². The fourth-order valence-electron chi connectivity index (χ4n) is 2.05. The van der Waals surface area contributed by atoms with Gasteiger partial charge in [-0.05, 0) is 50.2 Å². The first-order valence-corrected chi connectivity index (χ1v) is 7.85. The zero-order valence-corrected chi connectivity index (χ0v) is 14.2. The van der Waals surface area contributed by atoms with Gasteiger partial charge in [0.15, 0.2) is 0 Å². The quantitative estimate of drug-likeness (QED) is 0.729. The number of hydrogen-bond donors (Lipinski definition) is 2. The maximum absolute atomic E-state index is 12.0. The van der Waals surface area contributed by atoms with E-state index >= 15 is 0 Å². The number of nitrogens with zero attached hydrogens (tertiary/aromatic N) is 1. The number of methoxy groups -OCH3 is 1. The maximum Gasteiger partial charge on any atom is 0.270 e. The largest absolute Gasteiger partial charge is 0.491 e. The van der Waals surface area contributed by atoms with Crippen LogP contribution in [-0.4, -0.2) is 37.3 Å². The predicted octanol–water partition coefficient (Wildman–Crippen LogP) is 2.99. The number of nitrogens with one attached hydrogen (secondary N) is 2. The molecule has 0 aliphatic rings. The summed E-state index contributed by atoms with van der Waals surface area (Å²) in [4.78, 5) is 16.1. The molecular formula is C18H23N3O3. The summed E-state index contributed by atoms with van der Waals surface area (Å²) >= 11 is 0. The van der Waals surface area contributed by atoms with Crippen molar-refractivity contribution in [1.29, 1.82) is 0 Å². The van der Waals surface area contributed by atoms with Crippen LogP contribution in [0.1, 0.15) is 24.3 Å². The lowest BCUT2D eigenvalue weighted by Gasteiger charge is -2.11. The van der Waals surface area contributed by atoms with E-state index in [-0.39, 0.29) is 12.0 Å². The normalized spacial score (nSPS) is 10.5. The second kappa shape index (κ2) is 8.88. The van der Waals surface area contributed by atoms with Crippen molar-refractivity contribution >= 4 is 17.3 Å². The highest BCUT2D eigenvalue weighted by Crippen LogP contribution is 2.21. The van der Waals surface area contributed by atoms with Gasteiger partial charge in [0, 0.05) is 31.2 Å². The summed E-state index contributed by atoms with van der Waals surface area (Å²) in [6.45, 7) is 4.89. The molecule has 128 valence electrons. The average molecular weight is 329 g/mol. The molecule has 2 rings (SSSR count). The highest BCUT2D eigenvalue weighted by Gasteiger charge is 2.07. The van der Waals surface area contributed by atoms with E-state index in [1.54, 1.807) is 19.4 Å². The Kier molecular flexibility index (Phi) is 6.57.